The second kappa shape index (κ2) is 33.1. The molecule has 0 unspecified atom stereocenters. The van der Waals surface area contributed by atoms with Gasteiger partial charge in [-0.2, -0.15) is 0 Å². The maximum Gasteiger partial charge on any atom is 0.200 e. The molecule has 0 radical (unpaired) electrons. The highest BCUT2D eigenvalue weighted by atomic mass is 16.4. The summed E-state index contributed by atoms with van der Waals surface area (Å²) >= 11 is 0. The van der Waals surface area contributed by atoms with Crippen LogP contribution in [-0.4, -0.2) is 149 Å². The van der Waals surface area contributed by atoms with Crippen LogP contribution in [0.4, 0.5) is 0 Å². The highest BCUT2D eigenvalue weighted by Crippen LogP contribution is 2.43. The molecule has 0 aliphatic rings. The lowest BCUT2D eigenvalue weighted by atomic mass is 9.80. The van der Waals surface area contributed by atoms with Gasteiger partial charge in [-0.1, -0.05) is 0 Å². The molecule has 0 saturated heterocycles. The third-order valence-electron chi connectivity index (χ3n) is 17.5. The molecule has 0 aliphatic carbocycles. The standard InChI is InChI=1S/2C36H42O12/c2*37-7-1-2-23(8-21-14-27(39)25(28(40)15-21)5-3-19-10-31(43)35(47)32(44)11-19)24(18-38)9-22-16-29(41)26(30(42)17-22)6-4-20-12-33(45)36(48)34(46)13-20/h2*10-17,23-24,37-48H,1-9,18H2/t2*23-,24+/m10/s1. The maximum absolute atomic E-state index is 10.8. The van der Waals surface area contributed by atoms with Crippen LogP contribution < -0.4 is 0 Å². The molecule has 24 nitrogen and oxygen atoms in total. The van der Waals surface area contributed by atoms with E-state index in [-0.39, 0.29) is 183 Å². The molecular formula is C72H84O24. The summed E-state index contributed by atoms with van der Waals surface area (Å²) < 4.78 is 0. The maximum atomic E-state index is 10.8. The normalized spacial score (nSPS) is 12.6. The van der Waals surface area contributed by atoms with Crippen molar-refractivity contribution in [2.75, 3.05) is 26.4 Å². The van der Waals surface area contributed by atoms with Crippen molar-refractivity contribution >= 4 is 0 Å². The summed E-state index contributed by atoms with van der Waals surface area (Å²) in [5, 5.41) is 242. The van der Waals surface area contributed by atoms with Crippen LogP contribution in [0.1, 0.15) is 92.4 Å². The quantitative estimate of drug-likeness (QED) is 0.0189. The molecule has 516 valence electrons. The Bertz CT molecular complexity index is 3540. The van der Waals surface area contributed by atoms with Gasteiger partial charge in [0.2, 0.25) is 0 Å². The summed E-state index contributed by atoms with van der Waals surface area (Å²) in [5.41, 5.74) is 5.16. The number of aromatic hydroxyl groups is 20. The second-order valence-corrected chi connectivity index (χ2v) is 24.3. The van der Waals surface area contributed by atoms with Gasteiger partial charge in [0, 0.05) is 48.7 Å². The molecule has 0 amide bonds. The van der Waals surface area contributed by atoms with E-state index >= 15 is 0 Å². The largest absolute Gasteiger partial charge is 0.508 e. The van der Waals surface area contributed by atoms with Crippen molar-refractivity contribution in [2.24, 2.45) is 23.7 Å². The number of aliphatic hydroxyl groups is 4. The predicted molar refractivity (Wildman–Crippen MR) is 350 cm³/mol. The number of aryl methyl sites for hydroxylation is 4. The molecule has 0 aliphatic heterocycles. The predicted octanol–water partition coefficient (Wildman–Crippen LogP) is 8.19. The molecule has 0 heterocycles. The Morgan fingerprint density at radius 2 is 0.365 bits per heavy atom. The van der Waals surface area contributed by atoms with Crippen LogP contribution in [-0.2, 0) is 77.0 Å². The van der Waals surface area contributed by atoms with Crippen molar-refractivity contribution in [3.8, 4) is 115 Å². The summed E-state index contributed by atoms with van der Waals surface area (Å²) in [7, 11) is 0. The summed E-state index contributed by atoms with van der Waals surface area (Å²) in [5.74, 6) is -9.06. The van der Waals surface area contributed by atoms with Crippen LogP contribution in [0.5, 0.6) is 115 Å². The molecule has 96 heavy (non-hydrogen) atoms. The minimum absolute atomic E-state index is 0.0840. The van der Waals surface area contributed by atoms with E-state index in [0.29, 0.717) is 83.0 Å². The van der Waals surface area contributed by atoms with Crippen LogP contribution >= 0.6 is 0 Å². The van der Waals surface area contributed by atoms with E-state index in [9.17, 15) is 123 Å². The molecule has 0 aromatic heterocycles. The smallest absolute Gasteiger partial charge is 0.200 e. The lowest BCUT2D eigenvalue weighted by Gasteiger charge is -2.27. The van der Waals surface area contributed by atoms with Crippen LogP contribution in [0.3, 0.4) is 0 Å². The Morgan fingerprint density at radius 1 is 0.198 bits per heavy atom. The zero-order valence-corrected chi connectivity index (χ0v) is 52.4. The Hall–Kier alpha value is -10.4. The van der Waals surface area contributed by atoms with Gasteiger partial charge in [-0.15, -0.1) is 0 Å². The lowest BCUT2D eigenvalue weighted by Crippen LogP contribution is -2.24. The number of phenolic OH excluding ortho intramolecular Hbond substituents is 20. The fraction of sp³-hybridized carbons (Fsp3) is 0.333. The number of hydrogen-bond acceptors (Lipinski definition) is 24. The monoisotopic (exact) mass is 1330 g/mol. The first-order chi connectivity index (χ1) is 45.6. The van der Waals surface area contributed by atoms with Crippen LogP contribution in [0.2, 0.25) is 0 Å². The van der Waals surface area contributed by atoms with Gasteiger partial charge in [-0.3, -0.25) is 0 Å². The van der Waals surface area contributed by atoms with Crippen molar-refractivity contribution < 1.29 is 123 Å². The van der Waals surface area contributed by atoms with Gasteiger partial charge < -0.3 is 123 Å². The summed E-state index contributed by atoms with van der Waals surface area (Å²) in [4.78, 5) is 0. The first kappa shape index (κ1) is 73.0. The van der Waals surface area contributed by atoms with Crippen molar-refractivity contribution in [3.05, 3.63) is 164 Å². The number of aliphatic hydroxyl groups excluding tert-OH is 4. The molecule has 8 aromatic rings. The molecule has 4 atom stereocenters. The molecule has 8 aromatic carbocycles. The van der Waals surface area contributed by atoms with E-state index in [2.05, 4.69) is 0 Å². The molecular weight excluding hydrogens is 1250 g/mol. The fourth-order valence-electron chi connectivity index (χ4n) is 12.3. The minimum atomic E-state index is -0.637. The summed E-state index contributed by atoms with van der Waals surface area (Å²) in [6, 6.07) is 22.3. The van der Waals surface area contributed by atoms with Gasteiger partial charge in [0.15, 0.2) is 69.0 Å². The fourth-order valence-corrected chi connectivity index (χ4v) is 12.3. The average molecular weight is 1330 g/mol. The topological polar surface area (TPSA) is 486 Å². The van der Waals surface area contributed by atoms with Crippen molar-refractivity contribution in [3.63, 3.8) is 0 Å². The van der Waals surface area contributed by atoms with E-state index in [4.69, 9.17) is 0 Å². The van der Waals surface area contributed by atoms with Crippen LogP contribution in [0, 0.1) is 23.7 Å². The van der Waals surface area contributed by atoms with E-state index < -0.39 is 69.0 Å². The van der Waals surface area contributed by atoms with E-state index in [1.165, 1.54) is 97.1 Å². The van der Waals surface area contributed by atoms with Gasteiger partial charge in [0.05, 0.1) is 0 Å². The summed E-state index contributed by atoms with van der Waals surface area (Å²) in [6.45, 7) is -0.677. The Morgan fingerprint density at radius 3 is 0.531 bits per heavy atom. The van der Waals surface area contributed by atoms with Gasteiger partial charge in [-0.25, -0.2) is 0 Å². The first-order valence-electron chi connectivity index (χ1n) is 31.1. The zero-order valence-electron chi connectivity index (χ0n) is 52.4. The second-order valence-electron chi connectivity index (χ2n) is 24.3. The zero-order chi connectivity index (χ0) is 70.2. The highest BCUT2D eigenvalue weighted by molar-refractivity contribution is 5.56. The Balaban J connectivity index is 0.000000271. The average Bonchev–Trinajstić information content (AvgIpc) is 0.961. The van der Waals surface area contributed by atoms with Crippen molar-refractivity contribution in [1.29, 1.82) is 0 Å². The van der Waals surface area contributed by atoms with E-state index in [0.717, 1.165) is 0 Å². The van der Waals surface area contributed by atoms with Gasteiger partial charge in [0.1, 0.15) is 46.0 Å². The van der Waals surface area contributed by atoms with Crippen LogP contribution in [0.25, 0.3) is 0 Å². The van der Waals surface area contributed by atoms with Gasteiger partial charge >= 0.3 is 0 Å². The third-order valence-corrected chi connectivity index (χ3v) is 17.5. The SMILES string of the molecule is OCCC[C@@H](Cc1cc(O)c(CCc2cc(O)c(O)c(O)c2)c(O)c1)[C@@H](CO)Cc1cc(O)c(CCc2cc(O)c(O)c(O)c2)c(O)c1.OCCC[C@H](Cc1cc(O)c(CCc2cc(O)c(O)c(O)c2)c(O)c1)[C@H](CO)Cc1cc(O)c(CCc2cc(O)c(O)c(O)c2)c(O)c1. The van der Waals surface area contributed by atoms with Gasteiger partial charge in [0.25, 0.3) is 0 Å². The summed E-state index contributed by atoms with van der Waals surface area (Å²) in [6.07, 6.45) is 4.61. The molecule has 0 saturated carbocycles. The number of rotatable bonds is 30. The van der Waals surface area contributed by atoms with E-state index in [1.807, 2.05) is 0 Å². The van der Waals surface area contributed by atoms with Crippen molar-refractivity contribution in [1.82, 2.24) is 0 Å². The Kier molecular flexibility index (Phi) is 25.2. The lowest BCUT2D eigenvalue weighted by molar-refractivity contribution is 0.158. The molecule has 0 bridgehead atoms. The van der Waals surface area contributed by atoms with Gasteiger partial charge in [-0.05, 0) is 268 Å². The first-order valence-corrected chi connectivity index (χ1v) is 31.1. The Labute approximate surface area is 552 Å². The number of hydrogen-bond donors (Lipinski definition) is 24. The minimum Gasteiger partial charge on any atom is -0.508 e. The molecule has 8 rings (SSSR count). The molecule has 0 spiro atoms. The number of phenols is 20. The number of benzene rings is 8. The molecule has 24 heteroatoms. The van der Waals surface area contributed by atoms with E-state index in [1.54, 1.807) is 0 Å². The van der Waals surface area contributed by atoms with Crippen LogP contribution in [0.15, 0.2) is 97.1 Å². The molecule has 24 N–H and O–H groups in total. The van der Waals surface area contributed by atoms with Crippen molar-refractivity contribution in [2.45, 2.75) is 103 Å². The third kappa shape index (κ3) is 18.9. The highest BCUT2D eigenvalue weighted by Gasteiger charge is 2.27. The molecule has 0 fully saturated rings.